The van der Waals surface area contributed by atoms with E-state index in [0.717, 1.165) is 11.0 Å². The number of hydrogen-bond donors (Lipinski definition) is 3. The van der Waals surface area contributed by atoms with E-state index in [1.807, 2.05) is 24.3 Å². The maximum Gasteiger partial charge on any atom is 0.271 e. The Morgan fingerprint density at radius 3 is 3.00 bits per heavy atom. The molecule has 14 heavy (non-hydrogen) atoms. The van der Waals surface area contributed by atoms with Gasteiger partial charge >= 0.3 is 0 Å². The number of H-pyrrole nitrogens is 1. The van der Waals surface area contributed by atoms with Gasteiger partial charge in [-0.1, -0.05) is 12.1 Å². The number of nitrogens with zero attached hydrogens (tertiary/aromatic N) is 1. The van der Waals surface area contributed by atoms with Gasteiger partial charge in [0.05, 0.1) is 17.6 Å². The first kappa shape index (κ1) is 8.86. The fraction of sp³-hybridized carbons (Fsp3) is 0.111. The number of hydrogen-bond acceptors (Lipinski definition) is 4. The zero-order valence-corrected chi connectivity index (χ0v) is 7.45. The molecule has 0 fully saturated rings. The number of aromatic amines is 1. The Morgan fingerprint density at radius 1 is 1.43 bits per heavy atom. The topological polar surface area (TPSA) is 83.8 Å². The third-order valence-corrected chi connectivity index (χ3v) is 1.94. The minimum atomic E-state index is -0.207. The van der Waals surface area contributed by atoms with Crippen molar-refractivity contribution in [2.24, 2.45) is 5.84 Å². The van der Waals surface area contributed by atoms with Gasteiger partial charge in [-0.3, -0.25) is 16.1 Å². The molecular formula is C9H10N4O. The molecule has 4 N–H and O–H groups in total. The zero-order valence-electron chi connectivity index (χ0n) is 7.45. The molecule has 0 aliphatic rings. The van der Waals surface area contributed by atoms with E-state index in [0.29, 0.717) is 5.69 Å². The third-order valence-electron chi connectivity index (χ3n) is 1.94. The summed E-state index contributed by atoms with van der Waals surface area (Å²) in [6.45, 7) is 0.264. The summed E-state index contributed by atoms with van der Waals surface area (Å²) >= 11 is 0. The van der Waals surface area contributed by atoms with Crippen molar-refractivity contribution in [3.8, 4) is 0 Å². The second kappa shape index (κ2) is 3.57. The van der Waals surface area contributed by atoms with E-state index in [1.54, 1.807) is 0 Å². The van der Waals surface area contributed by atoms with Gasteiger partial charge in [0.1, 0.15) is 5.69 Å². The van der Waals surface area contributed by atoms with Crippen molar-refractivity contribution in [3.05, 3.63) is 40.3 Å². The molecule has 0 saturated carbocycles. The number of benzene rings is 1. The number of fused-ring (bicyclic) bond motifs is 1. The van der Waals surface area contributed by atoms with Crippen LogP contribution < -0.4 is 16.8 Å². The van der Waals surface area contributed by atoms with Gasteiger partial charge in [0.15, 0.2) is 0 Å². The smallest absolute Gasteiger partial charge is 0.271 e. The summed E-state index contributed by atoms with van der Waals surface area (Å²) < 4.78 is 0. The Labute approximate surface area is 79.9 Å². The number of hydrazine groups is 1. The Kier molecular flexibility index (Phi) is 2.26. The highest BCUT2D eigenvalue weighted by atomic mass is 16.1. The predicted octanol–water partition coefficient (Wildman–Crippen LogP) is -0.114. The molecule has 5 nitrogen and oxygen atoms in total. The molecule has 0 amide bonds. The monoisotopic (exact) mass is 190 g/mol. The fourth-order valence-corrected chi connectivity index (χ4v) is 1.28. The van der Waals surface area contributed by atoms with E-state index >= 15 is 0 Å². The lowest BCUT2D eigenvalue weighted by Gasteiger charge is -2.00. The molecule has 0 saturated heterocycles. The highest BCUT2D eigenvalue weighted by molar-refractivity contribution is 5.73. The van der Waals surface area contributed by atoms with Crippen molar-refractivity contribution in [1.29, 1.82) is 0 Å². The quantitative estimate of drug-likeness (QED) is 0.455. The van der Waals surface area contributed by atoms with Crippen molar-refractivity contribution in [2.75, 3.05) is 0 Å². The largest absolute Gasteiger partial charge is 0.319 e. The van der Waals surface area contributed by atoms with Crippen molar-refractivity contribution < 1.29 is 0 Å². The van der Waals surface area contributed by atoms with Crippen molar-refractivity contribution in [3.63, 3.8) is 0 Å². The van der Waals surface area contributed by atoms with Crippen LogP contribution in [-0.4, -0.2) is 9.97 Å². The van der Waals surface area contributed by atoms with Crippen LogP contribution in [0.4, 0.5) is 0 Å². The second-order valence-electron chi connectivity index (χ2n) is 2.91. The fourth-order valence-electron chi connectivity index (χ4n) is 1.28. The summed E-state index contributed by atoms with van der Waals surface area (Å²) in [6, 6.07) is 7.36. The van der Waals surface area contributed by atoms with Gasteiger partial charge in [0, 0.05) is 0 Å². The summed E-state index contributed by atoms with van der Waals surface area (Å²) in [5, 5.41) is 0. The van der Waals surface area contributed by atoms with Crippen LogP contribution in [0.3, 0.4) is 0 Å². The molecule has 0 aliphatic heterocycles. The standard InChI is InChI=1S/C9H10N4O/c10-11-5-8-9(14)13-7-4-2-1-3-6(7)12-8/h1-4,11H,5,10H2,(H,13,14). The summed E-state index contributed by atoms with van der Waals surface area (Å²) in [7, 11) is 0. The van der Waals surface area contributed by atoms with Gasteiger partial charge in [-0.25, -0.2) is 4.98 Å². The lowest BCUT2D eigenvalue weighted by atomic mass is 10.3. The first-order valence-corrected chi connectivity index (χ1v) is 4.22. The summed E-state index contributed by atoms with van der Waals surface area (Å²) in [5.74, 6) is 5.13. The average molecular weight is 190 g/mol. The maximum atomic E-state index is 11.4. The summed E-state index contributed by atoms with van der Waals surface area (Å²) in [4.78, 5) is 18.3. The average Bonchev–Trinajstić information content (AvgIpc) is 2.19. The molecule has 0 radical (unpaired) electrons. The van der Waals surface area contributed by atoms with E-state index in [9.17, 15) is 4.79 Å². The molecule has 0 unspecified atom stereocenters. The molecule has 1 aromatic carbocycles. The second-order valence-corrected chi connectivity index (χ2v) is 2.91. The zero-order chi connectivity index (χ0) is 9.97. The van der Waals surface area contributed by atoms with Crippen molar-refractivity contribution in [1.82, 2.24) is 15.4 Å². The molecule has 2 aromatic rings. The first-order chi connectivity index (χ1) is 6.81. The molecule has 0 atom stereocenters. The van der Waals surface area contributed by atoms with Crippen LogP contribution in [0.5, 0.6) is 0 Å². The minimum absolute atomic E-state index is 0.207. The molecule has 5 heteroatoms. The van der Waals surface area contributed by atoms with E-state index < -0.39 is 0 Å². The highest BCUT2D eigenvalue weighted by Gasteiger charge is 2.02. The normalized spacial score (nSPS) is 10.6. The molecule has 0 spiro atoms. The van der Waals surface area contributed by atoms with Crippen LogP contribution >= 0.6 is 0 Å². The van der Waals surface area contributed by atoms with Crippen LogP contribution in [0, 0.1) is 0 Å². The number of aromatic nitrogens is 2. The number of rotatable bonds is 2. The van der Waals surface area contributed by atoms with Crippen LogP contribution in [0.2, 0.25) is 0 Å². The molecule has 0 bridgehead atoms. The highest BCUT2D eigenvalue weighted by Crippen LogP contribution is 2.05. The van der Waals surface area contributed by atoms with Gasteiger partial charge < -0.3 is 4.98 Å². The Bertz CT molecular complexity index is 505. The maximum absolute atomic E-state index is 11.4. The van der Waals surface area contributed by atoms with Gasteiger partial charge in [-0.05, 0) is 12.1 Å². The minimum Gasteiger partial charge on any atom is -0.319 e. The van der Waals surface area contributed by atoms with E-state index in [-0.39, 0.29) is 12.1 Å². The lowest BCUT2D eigenvalue weighted by Crippen LogP contribution is -2.27. The number of para-hydroxylation sites is 2. The van der Waals surface area contributed by atoms with E-state index in [4.69, 9.17) is 5.84 Å². The molecule has 1 aromatic heterocycles. The molecule has 72 valence electrons. The SMILES string of the molecule is NNCc1nc2ccccc2[nH]c1=O. The lowest BCUT2D eigenvalue weighted by molar-refractivity contribution is 0.716. The Morgan fingerprint density at radius 2 is 2.21 bits per heavy atom. The Balaban J connectivity index is 2.65. The van der Waals surface area contributed by atoms with Crippen molar-refractivity contribution in [2.45, 2.75) is 6.54 Å². The Hall–Kier alpha value is -1.72. The van der Waals surface area contributed by atoms with Gasteiger partial charge in [0.25, 0.3) is 5.56 Å². The van der Waals surface area contributed by atoms with Crippen LogP contribution in [0.25, 0.3) is 11.0 Å². The van der Waals surface area contributed by atoms with Gasteiger partial charge in [-0.2, -0.15) is 0 Å². The predicted molar refractivity (Wildman–Crippen MR) is 53.4 cm³/mol. The number of nitrogens with two attached hydrogens (primary N) is 1. The van der Waals surface area contributed by atoms with Gasteiger partial charge in [0.2, 0.25) is 0 Å². The van der Waals surface area contributed by atoms with Gasteiger partial charge in [-0.15, -0.1) is 0 Å². The van der Waals surface area contributed by atoms with E-state index in [1.165, 1.54) is 0 Å². The summed E-state index contributed by atoms with van der Waals surface area (Å²) in [6.07, 6.45) is 0. The first-order valence-electron chi connectivity index (χ1n) is 4.22. The van der Waals surface area contributed by atoms with E-state index in [2.05, 4.69) is 15.4 Å². The van der Waals surface area contributed by atoms with Crippen LogP contribution in [-0.2, 0) is 6.54 Å². The molecule has 2 rings (SSSR count). The number of nitrogens with one attached hydrogen (secondary N) is 2. The van der Waals surface area contributed by atoms with Crippen LogP contribution in [0.1, 0.15) is 5.69 Å². The molecular weight excluding hydrogens is 180 g/mol. The third kappa shape index (κ3) is 1.50. The molecule has 1 heterocycles. The van der Waals surface area contributed by atoms with Crippen molar-refractivity contribution >= 4 is 11.0 Å². The van der Waals surface area contributed by atoms with Crippen LogP contribution in [0.15, 0.2) is 29.1 Å². The summed E-state index contributed by atoms with van der Waals surface area (Å²) in [5.41, 5.74) is 4.09. The molecule has 0 aliphatic carbocycles.